The lowest BCUT2D eigenvalue weighted by Crippen LogP contribution is -2.25. The summed E-state index contributed by atoms with van der Waals surface area (Å²) in [6.07, 6.45) is -1.43. The van der Waals surface area contributed by atoms with E-state index in [0.717, 1.165) is 36.5 Å². The molecule has 2 N–H and O–H groups in total. The molecular formula is C22H20F5N3O4S. The lowest BCUT2D eigenvalue weighted by Gasteiger charge is -2.16. The van der Waals surface area contributed by atoms with Crippen molar-refractivity contribution in [2.45, 2.75) is 25.6 Å². The number of alkyl halides is 3. The third-order valence-corrected chi connectivity index (χ3v) is 5.41. The van der Waals surface area contributed by atoms with Gasteiger partial charge in [0.05, 0.1) is 12.7 Å². The van der Waals surface area contributed by atoms with Crippen LogP contribution in [0.25, 0.3) is 0 Å². The summed E-state index contributed by atoms with van der Waals surface area (Å²) in [4.78, 5) is 16.4. The zero-order valence-corrected chi connectivity index (χ0v) is 19.3. The number of methoxy groups -OCH3 is 1. The predicted molar refractivity (Wildman–Crippen MR) is 117 cm³/mol. The maximum atomic E-state index is 14.0. The van der Waals surface area contributed by atoms with Crippen LogP contribution in [0.15, 0.2) is 47.0 Å². The lowest BCUT2D eigenvalue weighted by molar-refractivity contribution is -0.141. The van der Waals surface area contributed by atoms with E-state index in [-0.39, 0.29) is 22.6 Å². The van der Waals surface area contributed by atoms with E-state index in [9.17, 15) is 35.2 Å². The molecule has 1 fully saturated rings. The highest BCUT2D eigenvalue weighted by Gasteiger charge is 2.34. The molecule has 0 spiro atoms. The first-order valence-electron chi connectivity index (χ1n) is 10.0. The highest BCUT2D eigenvalue weighted by atomic mass is 32.2. The van der Waals surface area contributed by atoms with Crippen LogP contribution in [-0.4, -0.2) is 32.7 Å². The van der Waals surface area contributed by atoms with E-state index in [1.54, 1.807) is 0 Å². The van der Waals surface area contributed by atoms with Crippen LogP contribution in [0.4, 0.5) is 27.8 Å². The number of hydrogen-bond acceptors (Lipinski definition) is 6. The highest BCUT2D eigenvalue weighted by molar-refractivity contribution is 7.93. The molecule has 1 aromatic heterocycles. The number of ether oxygens (including phenoxy) is 1. The summed E-state index contributed by atoms with van der Waals surface area (Å²) in [5, 5.41) is 5.89. The molecule has 13 heteroatoms. The zero-order chi connectivity index (χ0) is 26.0. The van der Waals surface area contributed by atoms with Crippen molar-refractivity contribution in [2.75, 3.05) is 18.7 Å². The Kier molecular flexibility index (Phi) is 7.48. The fourth-order valence-corrected chi connectivity index (χ4v) is 3.43. The van der Waals surface area contributed by atoms with Crippen molar-refractivity contribution in [3.05, 3.63) is 75.5 Å². The van der Waals surface area contributed by atoms with Crippen LogP contribution >= 0.6 is 0 Å². The number of anilines is 1. The van der Waals surface area contributed by atoms with Crippen LogP contribution in [0.2, 0.25) is 0 Å². The monoisotopic (exact) mass is 517 g/mol. The van der Waals surface area contributed by atoms with Crippen LogP contribution in [0, 0.1) is 11.6 Å². The third-order valence-electron chi connectivity index (χ3n) is 4.78. The minimum atomic E-state index is -4.83. The number of nitrogens with zero attached hydrogens (tertiary/aromatic N) is 1. The van der Waals surface area contributed by atoms with Gasteiger partial charge in [0.1, 0.15) is 17.3 Å². The van der Waals surface area contributed by atoms with E-state index >= 15 is 0 Å². The van der Waals surface area contributed by atoms with Gasteiger partial charge < -0.3 is 15.4 Å². The van der Waals surface area contributed by atoms with Crippen LogP contribution in [0.3, 0.4) is 0 Å². The zero-order valence-electron chi connectivity index (χ0n) is 18.5. The topological polar surface area (TPSA) is 97.4 Å². The van der Waals surface area contributed by atoms with Gasteiger partial charge in [0, 0.05) is 35.5 Å². The lowest BCUT2D eigenvalue weighted by atomic mass is 10.1. The molecule has 1 aliphatic carbocycles. The van der Waals surface area contributed by atoms with Crippen molar-refractivity contribution < 1.29 is 39.9 Å². The van der Waals surface area contributed by atoms with E-state index in [2.05, 4.69) is 15.6 Å². The Hall–Kier alpha value is -3.48. The normalized spacial score (nSPS) is 13.6. The molecular weight excluding hydrogens is 497 g/mol. The minimum Gasteiger partial charge on any atom is -0.493 e. The number of carbonyl (C=O) groups excluding carboxylic acids is 1. The number of allylic oxidation sites excluding steroid dienone is 2. The van der Waals surface area contributed by atoms with E-state index in [1.807, 2.05) is 0 Å². The van der Waals surface area contributed by atoms with E-state index < -0.39 is 51.6 Å². The molecule has 35 heavy (non-hydrogen) atoms. The number of nitrogens with one attached hydrogen (secondary N) is 2. The number of rotatable bonds is 8. The summed E-state index contributed by atoms with van der Waals surface area (Å²) in [6.45, 7) is -0.422. The number of sulfone groups is 1. The number of aromatic nitrogens is 1. The summed E-state index contributed by atoms with van der Waals surface area (Å²) in [6, 6.07) is 3.01. The molecule has 0 saturated heterocycles. The van der Waals surface area contributed by atoms with Gasteiger partial charge in [0.2, 0.25) is 0 Å². The Balaban J connectivity index is 1.95. The van der Waals surface area contributed by atoms with Crippen LogP contribution in [0.1, 0.15) is 34.5 Å². The van der Waals surface area contributed by atoms with Crippen molar-refractivity contribution in [3.8, 4) is 5.75 Å². The second kappa shape index (κ2) is 10.0. The molecule has 188 valence electrons. The first-order valence-corrected chi connectivity index (χ1v) is 12.0. The van der Waals surface area contributed by atoms with Gasteiger partial charge in [-0.1, -0.05) is 0 Å². The van der Waals surface area contributed by atoms with Crippen molar-refractivity contribution in [1.82, 2.24) is 10.3 Å². The molecule has 0 bridgehead atoms. The third kappa shape index (κ3) is 7.01. The standard InChI is InChI=1S/C22H20F5N3O4S/c1-34-19-13(9-14(23)10-16(19)24)11-28-20-15(5-6-18(30-20)22(25,26)27)21(31)29-17(12-3-4-12)7-8-35(2,32)33/h5-10H,3-4,11H2,1-2H3,(H,28,30)(H,29,31)/b8-7+. The second-order valence-corrected chi connectivity index (χ2v) is 9.56. The summed E-state index contributed by atoms with van der Waals surface area (Å²) >= 11 is 0. The van der Waals surface area contributed by atoms with Crippen LogP contribution in [-0.2, 0) is 22.6 Å². The SMILES string of the molecule is COc1c(F)cc(F)cc1CNc1nc(C(F)(F)F)ccc1C(=O)NC(/C=C/S(C)(=O)=O)=C1CC1. The van der Waals surface area contributed by atoms with Gasteiger partial charge in [-0.3, -0.25) is 4.79 Å². The number of benzene rings is 1. The van der Waals surface area contributed by atoms with Crippen molar-refractivity contribution in [3.63, 3.8) is 0 Å². The average Bonchev–Trinajstić information content (AvgIpc) is 3.58. The molecule has 2 aromatic rings. The molecule has 1 aliphatic rings. The Labute approximate surface area is 197 Å². The van der Waals surface area contributed by atoms with E-state index in [0.29, 0.717) is 25.0 Å². The van der Waals surface area contributed by atoms with Gasteiger partial charge in [0.15, 0.2) is 21.4 Å². The first-order chi connectivity index (χ1) is 16.3. The van der Waals surface area contributed by atoms with Gasteiger partial charge in [-0.25, -0.2) is 22.2 Å². The molecule has 0 unspecified atom stereocenters. The first kappa shape index (κ1) is 26.1. The molecule has 7 nitrogen and oxygen atoms in total. The second-order valence-electron chi connectivity index (χ2n) is 7.63. The number of pyridine rings is 1. The van der Waals surface area contributed by atoms with Gasteiger partial charge >= 0.3 is 6.18 Å². The van der Waals surface area contributed by atoms with E-state index in [4.69, 9.17) is 4.74 Å². The van der Waals surface area contributed by atoms with Crippen molar-refractivity contribution in [1.29, 1.82) is 0 Å². The summed E-state index contributed by atoms with van der Waals surface area (Å²) in [5.41, 5.74) is -0.702. The molecule has 0 radical (unpaired) electrons. The van der Waals surface area contributed by atoms with Crippen molar-refractivity contribution in [2.24, 2.45) is 0 Å². The van der Waals surface area contributed by atoms with Crippen LogP contribution < -0.4 is 15.4 Å². The summed E-state index contributed by atoms with van der Waals surface area (Å²) < 4.78 is 95.1. The predicted octanol–water partition coefficient (Wildman–Crippen LogP) is 4.34. The highest BCUT2D eigenvalue weighted by Crippen LogP contribution is 2.33. The Bertz CT molecular complexity index is 1320. The maximum absolute atomic E-state index is 14.0. The molecule has 1 saturated carbocycles. The van der Waals surface area contributed by atoms with Gasteiger partial charge in [0.25, 0.3) is 5.91 Å². The number of amides is 1. The molecule has 3 rings (SSSR count). The molecule has 0 atom stereocenters. The number of halogens is 5. The van der Waals surface area contributed by atoms with Crippen LogP contribution in [0.5, 0.6) is 5.75 Å². The summed E-state index contributed by atoms with van der Waals surface area (Å²) in [7, 11) is -2.36. The molecule has 1 amide bonds. The number of carbonyl (C=O) groups is 1. The van der Waals surface area contributed by atoms with Crippen molar-refractivity contribution >= 4 is 21.6 Å². The van der Waals surface area contributed by atoms with Gasteiger partial charge in [-0.2, -0.15) is 13.2 Å². The number of hydrogen-bond donors (Lipinski definition) is 2. The fourth-order valence-electron chi connectivity index (χ4n) is 3.05. The molecule has 1 aromatic carbocycles. The van der Waals surface area contributed by atoms with E-state index in [1.165, 1.54) is 6.08 Å². The van der Waals surface area contributed by atoms with Gasteiger partial charge in [-0.05, 0) is 42.7 Å². The Morgan fingerprint density at radius 3 is 2.46 bits per heavy atom. The Morgan fingerprint density at radius 1 is 1.20 bits per heavy atom. The largest absolute Gasteiger partial charge is 0.493 e. The minimum absolute atomic E-state index is 0.0626. The molecule has 0 aliphatic heterocycles. The maximum Gasteiger partial charge on any atom is 0.433 e. The summed E-state index contributed by atoms with van der Waals surface area (Å²) in [5.74, 6) is -3.65. The smallest absolute Gasteiger partial charge is 0.433 e. The quantitative estimate of drug-likeness (QED) is 0.506. The van der Waals surface area contributed by atoms with Gasteiger partial charge in [-0.15, -0.1) is 0 Å². The molecule has 1 heterocycles. The average molecular weight is 517 g/mol. The Morgan fingerprint density at radius 2 is 1.89 bits per heavy atom. The fraction of sp³-hybridized carbons (Fsp3) is 0.273.